The molecule has 0 aliphatic carbocycles. The Morgan fingerprint density at radius 2 is 2.31 bits per heavy atom. The lowest BCUT2D eigenvalue weighted by Gasteiger charge is -2.10. The number of hydrazine groups is 1. The van der Waals surface area contributed by atoms with Crippen LogP contribution in [0.15, 0.2) is 24.3 Å². The molecular weight excluding hydrogens is 192 g/mol. The minimum Gasteiger partial charge on any atom is -0.480 e. The molecule has 1 aromatic rings. The molecule has 0 heterocycles. The first kappa shape index (κ1) is 9.98. The van der Waals surface area contributed by atoms with Crippen molar-refractivity contribution in [3.63, 3.8) is 0 Å². The summed E-state index contributed by atoms with van der Waals surface area (Å²) in [6, 6.07) is 5.62. The van der Waals surface area contributed by atoms with E-state index in [4.69, 9.17) is 22.6 Å². The van der Waals surface area contributed by atoms with Crippen molar-refractivity contribution in [2.45, 2.75) is 6.04 Å². The normalized spacial score (nSPS) is 12.5. The summed E-state index contributed by atoms with van der Waals surface area (Å²) in [6.07, 6.45) is 0. The van der Waals surface area contributed by atoms with E-state index in [-0.39, 0.29) is 0 Å². The highest BCUT2D eigenvalue weighted by molar-refractivity contribution is 6.30. The van der Waals surface area contributed by atoms with Crippen molar-refractivity contribution in [1.29, 1.82) is 0 Å². The van der Waals surface area contributed by atoms with Crippen LogP contribution in [0.4, 0.5) is 0 Å². The smallest absolute Gasteiger partial charge is 0.326 e. The number of nitrogens with one attached hydrogen (secondary N) is 1. The summed E-state index contributed by atoms with van der Waals surface area (Å²) in [4.78, 5) is 10.7. The van der Waals surface area contributed by atoms with E-state index in [2.05, 4.69) is 5.43 Å². The lowest BCUT2D eigenvalue weighted by atomic mass is 10.1. The standard InChI is InChI=1S/C8H9ClN2O2/c9-6-3-1-2-5(4-6)7(11-10)8(12)13/h1-4,7,11H,10H2,(H,12,13). The van der Waals surface area contributed by atoms with Crippen LogP contribution in [0.2, 0.25) is 5.02 Å². The third-order valence-corrected chi connectivity index (χ3v) is 1.83. The van der Waals surface area contributed by atoms with E-state index < -0.39 is 12.0 Å². The second-order valence-electron chi connectivity index (χ2n) is 2.49. The Bertz CT molecular complexity index is 317. The van der Waals surface area contributed by atoms with Gasteiger partial charge in [-0.15, -0.1) is 0 Å². The van der Waals surface area contributed by atoms with Crippen molar-refractivity contribution >= 4 is 17.6 Å². The molecule has 0 aliphatic heterocycles. The van der Waals surface area contributed by atoms with Crippen LogP contribution in [0.5, 0.6) is 0 Å². The van der Waals surface area contributed by atoms with Gasteiger partial charge in [0.1, 0.15) is 6.04 Å². The zero-order chi connectivity index (χ0) is 9.84. The van der Waals surface area contributed by atoms with Crippen LogP contribution in [0, 0.1) is 0 Å². The molecule has 0 saturated carbocycles. The SMILES string of the molecule is NNC(C(=O)O)c1cccc(Cl)c1. The lowest BCUT2D eigenvalue weighted by Crippen LogP contribution is -2.33. The highest BCUT2D eigenvalue weighted by atomic mass is 35.5. The Kier molecular flexibility index (Phi) is 3.25. The average molecular weight is 201 g/mol. The van der Waals surface area contributed by atoms with E-state index >= 15 is 0 Å². The molecule has 0 spiro atoms. The molecule has 0 radical (unpaired) electrons. The Balaban J connectivity index is 2.98. The fourth-order valence-corrected chi connectivity index (χ4v) is 1.19. The minimum atomic E-state index is -1.04. The number of carboxylic acids is 1. The van der Waals surface area contributed by atoms with Gasteiger partial charge in [0.15, 0.2) is 0 Å². The van der Waals surface area contributed by atoms with Gasteiger partial charge >= 0.3 is 5.97 Å². The largest absolute Gasteiger partial charge is 0.480 e. The van der Waals surface area contributed by atoms with Gasteiger partial charge in [-0.2, -0.15) is 0 Å². The summed E-state index contributed by atoms with van der Waals surface area (Å²) in [5.74, 6) is 4.04. The molecule has 0 fully saturated rings. The van der Waals surface area contributed by atoms with E-state index in [1.807, 2.05) is 0 Å². The predicted molar refractivity (Wildman–Crippen MR) is 49.2 cm³/mol. The molecule has 1 unspecified atom stereocenters. The lowest BCUT2D eigenvalue weighted by molar-refractivity contribution is -0.139. The summed E-state index contributed by atoms with van der Waals surface area (Å²) in [7, 11) is 0. The highest BCUT2D eigenvalue weighted by Gasteiger charge is 2.17. The van der Waals surface area contributed by atoms with Crippen LogP contribution in [-0.4, -0.2) is 11.1 Å². The van der Waals surface area contributed by atoms with Gasteiger partial charge in [-0.05, 0) is 17.7 Å². The summed E-state index contributed by atoms with van der Waals surface area (Å²) < 4.78 is 0. The molecule has 0 aliphatic rings. The predicted octanol–water partition coefficient (Wildman–Crippen LogP) is 0.929. The maximum Gasteiger partial charge on any atom is 0.326 e. The Morgan fingerprint density at radius 3 is 2.77 bits per heavy atom. The number of hydrogen-bond donors (Lipinski definition) is 3. The number of halogens is 1. The van der Waals surface area contributed by atoms with E-state index in [1.54, 1.807) is 24.3 Å². The first-order chi connectivity index (χ1) is 6.15. The molecule has 0 saturated heterocycles. The summed E-state index contributed by atoms with van der Waals surface area (Å²) >= 11 is 5.69. The van der Waals surface area contributed by atoms with Gasteiger partial charge in [0.2, 0.25) is 0 Å². The summed E-state index contributed by atoms with van der Waals surface area (Å²) in [5, 5.41) is 9.22. The van der Waals surface area contributed by atoms with Gasteiger partial charge in [0, 0.05) is 5.02 Å². The monoisotopic (exact) mass is 200 g/mol. The molecule has 70 valence electrons. The molecule has 0 bridgehead atoms. The number of carboxylic acid groups (broad SMARTS) is 1. The minimum absolute atomic E-state index is 0.485. The second kappa shape index (κ2) is 4.23. The van der Waals surface area contributed by atoms with Crippen molar-refractivity contribution in [1.82, 2.24) is 5.43 Å². The topological polar surface area (TPSA) is 75.3 Å². The van der Waals surface area contributed by atoms with Crippen LogP contribution in [-0.2, 0) is 4.79 Å². The van der Waals surface area contributed by atoms with Crippen LogP contribution in [0.3, 0.4) is 0 Å². The van der Waals surface area contributed by atoms with Crippen molar-refractivity contribution in [3.8, 4) is 0 Å². The first-order valence-corrected chi connectivity index (χ1v) is 3.97. The number of hydrogen-bond acceptors (Lipinski definition) is 3. The van der Waals surface area contributed by atoms with Crippen LogP contribution in [0.1, 0.15) is 11.6 Å². The fourth-order valence-electron chi connectivity index (χ4n) is 0.996. The van der Waals surface area contributed by atoms with Gasteiger partial charge in [-0.25, -0.2) is 5.43 Å². The van der Waals surface area contributed by atoms with Crippen LogP contribution < -0.4 is 11.3 Å². The zero-order valence-corrected chi connectivity index (χ0v) is 7.45. The van der Waals surface area contributed by atoms with Gasteiger partial charge < -0.3 is 5.11 Å². The van der Waals surface area contributed by atoms with Crippen molar-refractivity contribution in [3.05, 3.63) is 34.9 Å². The molecule has 1 atom stereocenters. The number of aliphatic carboxylic acids is 1. The fraction of sp³-hybridized carbons (Fsp3) is 0.125. The maximum atomic E-state index is 10.7. The third-order valence-electron chi connectivity index (χ3n) is 1.60. The maximum absolute atomic E-state index is 10.7. The summed E-state index contributed by atoms with van der Waals surface area (Å²) in [6.45, 7) is 0. The Labute approximate surface area is 80.3 Å². The molecule has 0 aromatic heterocycles. The average Bonchev–Trinajstić information content (AvgIpc) is 2.04. The Hall–Kier alpha value is -1.10. The van der Waals surface area contributed by atoms with E-state index in [9.17, 15) is 4.79 Å². The highest BCUT2D eigenvalue weighted by Crippen LogP contribution is 2.17. The second-order valence-corrected chi connectivity index (χ2v) is 2.93. The number of carbonyl (C=O) groups is 1. The van der Waals surface area contributed by atoms with Crippen LogP contribution >= 0.6 is 11.6 Å². The molecule has 0 amide bonds. The van der Waals surface area contributed by atoms with E-state index in [1.165, 1.54) is 0 Å². The van der Waals surface area contributed by atoms with Gasteiger partial charge in [-0.1, -0.05) is 23.7 Å². The first-order valence-electron chi connectivity index (χ1n) is 3.59. The van der Waals surface area contributed by atoms with E-state index in [0.29, 0.717) is 10.6 Å². The zero-order valence-electron chi connectivity index (χ0n) is 6.70. The van der Waals surface area contributed by atoms with E-state index in [0.717, 1.165) is 0 Å². The molecule has 1 aromatic carbocycles. The van der Waals surface area contributed by atoms with Gasteiger partial charge in [0.05, 0.1) is 0 Å². The Morgan fingerprint density at radius 1 is 1.62 bits per heavy atom. The molecule has 13 heavy (non-hydrogen) atoms. The number of benzene rings is 1. The quantitative estimate of drug-likeness (QED) is 0.501. The van der Waals surface area contributed by atoms with Gasteiger partial charge in [-0.3, -0.25) is 10.6 Å². The third kappa shape index (κ3) is 2.42. The van der Waals surface area contributed by atoms with Crippen LogP contribution in [0.25, 0.3) is 0 Å². The van der Waals surface area contributed by atoms with Crippen molar-refractivity contribution in [2.75, 3.05) is 0 Å². The van der Waals surface area contributed by atoms with Crippen molar-refractivity contribution in [2.24, 2.45) is 5.84 Å². The number of nitrogens with two attached hydrogens (primary N) is 1. The molecule has 4 nitrogen and oxygen atoms in total. The molecule has 5 heteroatoms. The van der Waals surface area contributed by atoms with Gasteiger partial charge in [0.25, 0.3) is 0 Å². The summed E-state index contributed by atoms with van der Waals surface area (Å²) in [5.41, 5.74) is 2.72. The molecule has 4 N–H and O–H groups in total. The molecule has 1 rings (SSSR count). The van der Waals surface area contributed by atoms with Crippen molar-refractivity contribution < 1.29 is 9.90 Å². The molecular formula is C8H9ClN2O2. The number of rotatable bonds is 3.